The van der Waals surface area contributed by atoms with Crippen LogP contribution in [0, 0.1) is 0 Å². The highest BCUT2D eigenvalue weighted by Crippen LogP contribution is 2.22. The Kier molecular flexibility index (Phi) is 7.70. The van der Waals surface area contributed by atoms with Crippen molar-refractivity contribution in [2.45, 2.75) is 13.2 Å². The fourth-order valence-corrected chi connectivity index (χ4v) is 3.59. The van der Waals surface area contributed by atoms with Crippen LogP contribution < -0.4 is 15.3 Å². The smallest absolute Gasteiger partial charge is 0.497 e. The van der Waals surface area contributed by atoms with E-state index in [1.54, 1.807) is 37.4 Å². The van der Waals surface area contributed by atoms with Gasteiger partial charge in [0, 0.05) is 36.8 Å². The summed E-state index contributed by atoms with van der Waals surface area (Å²) in [4.78, 5) is 26.2. The minimum atomic E-state index is -0.827. The molecule has 0 aliphatic carbocycles. The third kappa shape index (κ3) is 6.33. The molecule has 0 radical (unpaired) electrons. The van der Waals surface area contributed by atoms with Crippen LogP contribution in [0.25, 0.3) is 23.1 Å². The molecule has 0 fully saturated rings. The lowest BCUT2D eigenvalue weighted by Gasteiger charge is -2.11. The van der Waals surface area contributed by atoms with Crippen LogP contribution >= 0.6 is 0 Å². The molecular weight excluding hydrogens is 458 g/mol. The molecule has 184 valence electrons. The molecule has 0 unspecified atom stereocenters. The minimum Gasteiger partial charge on any atom is -0.497 e. The fraction of sp³-hybridized carbons (Fsp3) is 0.172. The Bertz CT molecular complexity index is 1420. The molecule has 7 heteroatoms. The molecule has 0 amide bonds. The average molecular weight is 486 g/mol. The van der Waals surface area contributed by atoms with Crippen molar-refractivity contribution in [3.8, 4) is 5.75 Å². The summed E-state index contributed by atoms with van der Waals surface area (Å²) < 4.78 is 20.9. The minimum absolute atomic E-state index is 0.0636. The second-order valence-electron chi connectivity index (χ2n) is 8.34. The van der Waals surface area contributed by atoms with Gasteiger partial charge in [-0.1, -0.05) is 48.6 Å². The molecule has 1 aromatic heterocycles. The second-order valence-corrected chi connectivity index (χ2v) is 8.34. The SMILES string of the molecule is COc1ccc(COC(=O)OCc2cc(=O)oc3cc(/C=C/c4ccc(N(C)C)cc4)ccc23)cc1. The number of benzene rings is 3. The summed E-state index contributed by atoms with van der Waals surface area (Å²) in [6, 6.07) is 22.2. The van der Waals surface area contributed by atoms with Gasteiger partial charge in [0.1, 0.15) is 24.5 Å². The summed E-state index contributed by atoms with van der Waals surface area (Å²) in [6.07, 6.45) is 3.11. The van der Waals surface area contributed by atoms with Crippen LogP contribution in [0.15, 0.2) is 82.0 Å². The molecule has 0 atom stereocenters. The molecule has 36 heavy (non-hydrogen) atoms. The molecular formula is C29H27NO6. The summed E-state index contributed by atoms with van der Waals surface area (Å²) in [5.74, 6) is 0.716. The summed E-state index contributed by atoms with van der Waals surface area (Å²) in [5.41, 5.74) is 4.28. The normalized spacial score (nSPS) is 11.0. The topological polar surface area (TPSA) is 78.2 Å². The number of carbonyl (C=O) groups excluding carboxylic acids is 1. The lowest BCUT2D eigenvalue weighted by Crippen LogP contribution is -2.09. The molecule has 0 saturated heterocycles. The molecule has 7 nitrogen and oxygen atoms in total. The van der Waals surface area contributed by atoms with Crippen LogP contribution in [0.5, 0.6) is 5.75 Å². The lowest BCUT2D eigenvalue weighted by molar-refractivity contribution is 0.0448. The molecule has 0 saturated carbocycles. The van der Waals surface area contributed by atoms with E-state index in [2.05, 4.69) is 0 Å². The van der Waals surface area contributed by atoms with Crippen LogP contribution in [0.2, 0.25) is 0 Å². The zero-order valence-corrected chi connectivity index (χ0v) is 20.4. The molecule has 0 N–H and O–H groups in total. The van der Waals surface area contributed by atoms with E-state index in [0.29, 0.717) is 22.3 Å². The summed E-state index contributed by atoms with van der Waals surface area (Å²) >= 11 is 0. The molecule has 0 aliphatic rings. The fourth-order valence-electron chi connectivity index (χ4n) is 3.59. The highest BCUT2D eigenvalue weighted by Gasteiger charge is 2.11. The number of hydrogen-bond acceptors (Lipinski definition) is 7. The number of ether oxygens (including phenoxy) is 3. The second kappa shape index (κ2) is 11.3. The van der Waals surface area contributed by atoms with Gasteiger partial charge >= 0.3 is 11.8 Å². The summed E-state index contributed by atoms with van der Waals surface area (Å²) in [7, 11) is 5.58. The first kappa shape index (κ1) is 24.6. The number of methoxy groups -OCH3 is 1. The predicted molar refractivity (Wildman–Crippen MR) is 140 cm³/mol. The van der Waals surface area contributed by atoms with Gasteiger partial charge in [-0.3, -0.25) is 0 Å². The van der Waals surface area contributed by atoms with Crippen LogP contribution in [-0.4, -0.2) is 27.4 Å². The van der Waals surface area contributed by atoms with Gasteiger partial charge in [0.05, 0.1) is 7.11 Å². The zero-order valence-electron chi connectivity index (χ0n) is 20.4. The standard InChI is InChI=1S/C29H27NO6/c1-30(2)24-11-6-20(7-12-24)4-5-21-10-15-26-23(17-28(31)36-27(26)16-21)19-35-29(32)34-18-22-8-13-25(33-3)14-9-22/h4-17H,18-19H2,1-3H3/b5-4+. The average Bonchev–Trinajstić information content (AvgIpc) is 2.89. The van der Waals surface area contributed by atoms with Crippen molar-refractivity contribution < 1.29 is 23.4 Å². The number of hydrogen-bond donors (Lipinski definition) is 0. The van der Waals surface area contributed by atoms with Gasteiger partial charge in [0.25, 0.3) is 0 Å². The van der Waals surface area contributed by atoms with E-state index in [-0.39, 0.29) is 13.2 Å². The Morgan fingerprint density at radius 1 is 0.861 bits per heavy atom. The van der Waals surface area contributed by atoms with E-state index in [9.17, 15) is 9.59 Å². The first-order chi connectivity index (χ1) is 17.4. The van der Waals surface area contributed by atoms with Crippen molar-refractivity contribution in [2.75, 3.05) is 26.1 Å². The Balaban J connectivity index is 1.41. The Morgan fingerprint density at radius 2 is 1.53 bits per heavy atom. The monoisotopic (exact) mass is 485 g/mol. The maximum atomic E-state index is 12.1. The van der Waals surface area contributed by atoms with Crippen molar-refractivity contribution in [3.05, 3.63) is 105 Å². The van der Waals surface area contributed by atoms with E-state index in [4.69, 9.17) is 18.6 Å². The molecule has 1 heterocycles. The number of carbonyl (C=O) groups is 1. The van der Waals surface area contributed by atoms with Crippen LogP contribution in [0.1, 0.15) is 22.3 Å². The van der Waals surface area contributed by atoms with Gasteiger partial charge in [-0.15, -0.1) is 0 Å². The van der Waals surface area contributed by atoms with Gasteiger partial charge in [0.2, 0.25) is 0 Å². The lowest BCUT2D eigenvalue weighted by atomic mass is 10.1. The predicted octanol–water partition coefficient (Wildman–Crippen LogP) is 5.89. The maximum Gasteiger partial charge on any atom is 0.508 e. The number of anilines is 1. The Hall–Kier alpha value is -4.52. The van der Waals surface area contributed by atoms with E-state index in [1.807, 2.05) is 67.5 Å². The van der Waals surface area contributed by atoms with Crippen molar-refractivity contribution in [2.24, 2.45) is 0 Å². The van der Waals surface area contributed by atoms with Gasteiger partial charge < -0.3 is 23.5 Å². The summed E-state index contributed by atoms with van der Waals surface area (Å²) in [6.45, 7) is -0.0506. The van der Waals surface area contributed by atoms with E-state index in [0.717, 1.165) is 22.4 Å². The highest BCUT2D eigenvalue weighted by atomic mass is 16.7. The van der Waals surface area contributed by atoms with Gasteiger partial charge in [-0.2, -0.15) is 0 Å². The van der Waals surface area contributed by atoms with Crippen molar-refractivity contribution in [1.82, 2.24) is 0 Å². The van der Waals surface area contributed by atoms with Crippen molar-refractivity contribution >= 4 is 35.0 Å². The molecule has 4 aromatic rings. The molecule has 0 spiro atoms. The largest absolute Gasteiger partial charge is 0.508 e. The quantitative estimate of drug-likeness (QED) is 0.175. The van der Waals surface area contributed by atoms with E-state index < -0.39 is 11.8 Å². The third-order valence-corrected chi connectivity index (χ3v) is 5.59. The molecule has 0 aliphatic heterocycles. The van der Waals surface area contributed by atoms with Crippen molar-refractivity contribution in [3.63, 3.8) is 0 Å². The molecule has 0 bridgehead atoms. The van der Waals surface area contributed by atoms with Crippen molar-refractivity contribution in [1.29, 1.82) is 0 Å². The van der Waals surface area contributed by atoms with Crippen LogP contribution in [0.4, 0.5) is 10.5 Å². The van der Waals surface area contributed by atoms with Gasteiger partial charge in [-0.05, 0) is 47.0 Å². The molecule has 4 rings (SSSR count). The van der Waals surface area contributed by atoms with E-state index in [1.165, 1.54) is 6.07 Å². The highest BCUT2D eigenvalue weighted by molar-refractivity contribution is 5.84. The number of rotatable bonds is 8. The van der Waals surface area contributed by atoms with Gasteiger partial charge in [-0.25, -0.2) is 9.59 Å². The first-order valence-corrected chi connectivity index (χ1v) is 11.4. The van der Waals surface area contributed by atoms with E-state index >= 15 is 0 Å². The molecule has 3 aromatic carbocycles. The number of nitrogens with zero attached hydrogens (tertiary/aromatic N) is 1. The zero-order chi connectivity index (χ0) is 25.5. The maximum absolute atomic E-state index is 12.1. The van der Waals surface area contributed by atoms with Crippen LogP contribution in [-0.2, 0) is 22.7 Å². The number of fused-ring (bicyclic) bond motifs is 1. The van der Waals surface area contributed by atoms with Crippen LogP contribution in [0.3, 0.4) is 0 Å². The Labute approximate surface area is 209 Å². The summed E-state index contributed by atoms with van der Waals surface area (Å²) in [5, 5.41) is 0.685. The first-order valence-electron chi connectivity index (χ1n) is 11.4. The van der Waals surface area contributed by atoms with Gasteiger partial charge in [0.15, 0.2) is 0 Å². The Morgan fingerprint density at radius 3 is 2.22 bits per heavy atom. The third-order valence-electron chi connectivity index (χ3n) is 5.59.